The molecule has 0 saturated heterocycles. The SMILES string of the molecule is Cl.[2H]C([2H])(N)C1CC1. The second-order valence-electron chi connectivity index (χ2n) is 1.44. The van der Waals surface area contributed by atoms with Gasteiger partial charge in [-0.15, -0.1) is 12.4 Å². The van der Waals surface area contributed by atoms with Gasteiger partial charge < -0.3 is 5.73 Å². The van der Waals surface area contributed by atoms with Gasteiger partial charge in [-0.2, -0.15) is 0 Å². The maximum Gasteiger partial charge on any atom is 0.0428 e. The molecule has 0 aromatic rings. The van der Waals surface area contributed by atoms with Crippen LogP contribution < -0.4 is 5.73 Å². The highest BCUT2D eigenvalue weighted by Crippen LogP contribution is 2.26. The third kappa shape index (κ3) is 1.63. The molecule has 1 aliphatic rings. The molecule has 1 fully saturated rings. The molecule has 0 unspecified atom stereocenters. The van der Waals surface area contributed by atoms with Gasteiger partial charge in [-0.3, -0.25) is 0 Å². The molecule has 0 bridgehead atoms. The van der Waals surface area contributed by atoms with E-state index < -0.39 is 6.50 Å². The van der Waals surface area contributed by atoms with Crippen molar-refractivity contribution in [3.8, 4) is 0 Å². The lowest BCUT2D eigenvalue weighted by Gasteiger charge is -1.74. The Bertz CT molecular complexity index is 76.6. The lowest BCUT2D eigenvalue weighted by molar-refractivity contribution is 0.847. The van der Waals surface area contributed by atoms with Crippen molar-refractivity contribution in [2.75, 3.05) is 6.50 Å². The summed E-state index contributed by atoms with van der Waals surface area (Å²) < 4.78 is 13.8. The smallest absolute Gasteiger partial charge is 0.0428 e. The fraction of sp³-hybridized carbons (Fsp3) is 1.00. The summed E-state index contributed by atoms with van der Waals surface area (Å²) in [7, 11) is 0. The van der Waals surface area contributed by atoms with Gasteiger partial charge >= 0.3 is 0 Å². The van der Waals surface area contributed by atoms with Gasteiger partial charge in [0.15, 0.2) is 0 Å². The summed E-state index contributed by atoms with van der Waals surface area (Å²) in [6.07, 6.45) is 1.95. The van der Waals surface area contributed by atoms with E-state index in [0.29, 0.717) is 0 Å². The third-order valence-electron chi connectivity index (χ3n) is 0.813. The summed E-state index contributed by atoms with van der Waals surface area (Å²) >= 11 is 0. The van der Waals surface area contributed by atoms with E-state index in [4.69, 9.17) is 8.48 Å². The van der Waals surface area contributed by atoms with Gasteiger partial charge in [0.25, 0.3) is 0 Å². The fourth-order valence-electron chi connectivity index (χ4n) is 0.250. The van der Waals surface area contributed by atoms with Crippen LogP contribution >= 0.6 is 12.4 Å². The van der Waals surface area contributed by atoms with Gasteiger partial charge in [0, 0.05) is 2.74 Å². The molecule has 0 aromatic heterocycles. The highest BCUT2D eigenvalue weighted by Gasteiger charge is 2.17. The Balaban J connectivity index is 0.000000490. The van der Waals surface area contributed by atoms with Crippen LogP contribution in [-0.2, 0) is 0 Å². The molecule has 1 aliphatic carbocycles. The first kappa shape index (κ1) is 3.28. The molecule has 0 aromatic carbocycles. The molecular formula is C4H10ClN. The Kier molecular flexibility index (Phi) is 1.33. The van der Waals surface area contributed by atoms with Crippen molar-refractivity contribution in [1.29, 1.82) is 0 Å². The Hall–Kier alpha value is 0.250. The predicted octanol–water partition coefficient (Wildman–Crippen LogP) is 0.777. The van der Waals surface area contributed by atoms with E-state index in [1.165, 1.54) is 0 Å². The number of halogens is 1. The molecule has 6 heavy (non-hydrogen) atoms. The van der Waals surface area contributed by atoms with Crippen LogP contribution in [0.5, 0.6) is 0 Å². The molecule has 0 atom stereocenters. The lowest BCUT2D eigenvalue weighted by Crippen LogP contribution is -1.98. The minimum Gasteiger partial charge on any atom is -0.330 e. The molecule has 2 heteroatoms. The molecule has 1 rings (SSSR count). The minimum atomic E-state index is -1.39. The van der Waals surface area contributed by atoms with Crippen molar-refractivity contribution < 1.29 is 2.74 Å². The molecule has 0 aliphatic heterocycles. The van der Waals surface area contributed by atoms with Crippen LogP contribution in [0.15, 0.2) is 0 Å². The average Bonchev–Trinajstić information content (AvgIpc) is 1.99. The van der Waals surface area contributed by atoms with Crippen LogP contribution in [0, 0.1) is 5.92 Å². The number of nitrogens with two attached hydrogens (primary N) is 1. The fourth-order valence-corrected chi connectivity index (χ4v) is 0.250. The topological polar surface area (TPSA) is 26.0 Å². The van der Waals surface area contributed by atoms with Crippen molar-refractivity contribution in [2.24, 2.45) is 11.7 Å². The first-order valence-electron chi connectivity index (χ1n) is 2.89. The second kappa shape index (κ2) is 2.43. The largest absolute Gasteiger partial charge is 0.330 e. The van der Waals surface area contributed by atoms with Gasteiger partial charge in [0.05, 0.1) is 0 Å². The second-order valence-corrected chi connectivity index (χ2v) is 1.44. The van der Waals surface area contributed by atoms with Gasteiger partial charge in [0.1, 0.15) is 0 Å². The van der Waals surface area contributed by atoms with Crippen molar-refractivity contribution in [2.45, 2.75) is 12.8 Å². The summed E-state index contributed by atoms with van der Waals surface area (Å²) in [6.45, 7) is -1.39. The van der Waals surface area contributed by atoms with Crippen LogP contribution in [0.2, 0.25) is 0 Å². The van der Waals surface area contributed by atoms with E-state index in [1.807, 2.05) is 0 Å². The average molecular weight is 110 g/mol. The van der Waals surface area contributed by atoms with E-state index in [-0.39, 0.29) is 18.3 Å². The molecule has 0 radical (unpaired) electrons. The summed E-state index contributed by atoms with van der Waals surface area (Å²) in [5, 5.41) is 0. The van der Waals surface area contributed by atoms with Crippen molar-refractivity contribution in [3.05, 3.63) is 0 Å². The van der Waals surface area contributed by atoms with Gasteiger partial charge in [0.2, 0.25) is 0 Å². The van der Waals surface area contributed by atoms with Crippen LogP contribution in [0.25, 0.3) is 0 Å². The summed E-state index contributed by atoms with van der Waals surface area (Å²) in [4.78, 5) is 0. The zero-order chi connectivity index (χ0) is 5.49. The molecule has 0 heterocycles. The van der Waals surface area contributed by atoms with E-state index in [9.17, 15) is 0 Å². The third-order valence-corrected chi connectivity index (χ3v) is 0.813. The number of hydrogen-bond acceptors (Lipinski definition) is 1. The van der Waals surface area contributed by atoms with Crippen molar-refractivity contribution >= 4 is 12.4 Å². The van der Waals surface area contributed by atoms with Gasteiger partial charge in [-0.25, -0.2) is 0 Å². The maximum atomic E-state index is 6.89. The standard InChI is InChI=1S/C4H9N.ClH/c5-3-4-1-2-4;/h4H,1-3,5H2;1H/i3D2;. The Morgan fingerprint density at radius 2 is 2.33 bits per heavy atom. The summed E-state index contributed by atoms with van der Waals surface area (Å²) in [5.41, 5.74) is 5.07. The van der Waals surface area contributed by atoms with Crippen molar-refractivity contribution in [3.63, 3.8) is 0 Å². The molecule has 0 spiro atoms. The Labute approximate surface area is 47.1 Å². The van der Waals surface area contributed by atoms with E-state index in [1.54, 1.807) is 0 Å². The highest BCUT2D eigenvalue weighted by atomic mass is 35.5. The normalized spacial score (nSPS) is 26.8. The minimum absolute atomic E-state index is 0. The van der Waals surface area contributed by atoms with Gasteiger partial charge in [-0.1, -0.05) is 0 Å². The molecule has 38 valence electrons. The van der Waals surface area contributed by atoms with Crippen LogP contribution in [-0.4, -0.2) is 6.50 Å². The molecule has 1 nitrogen and oxygen atoms in total. The van der Waals surface area contributed by atoms with Crippen LogP contribution in [0.4, 0.5) is 0 Å². The maximum absolute atomic E-state index is 6.89. The zero-order valence-electron chi connectivity index (χ0n) is 5.48. The van der Waals surface area contributed by atoms with E-state index in [2.05, 4.69) is 0 Å². The molecular weight excluding hydrogens is 97.5 g/mol. The Morgan fingerprint density at radius 3 is 2.33 bits per heavy atom. The summed E-state index contributed by atoms with van der Waals surface area (Å²) in [6, 6.07) is 0. The monoisotopic (exact) mass is 109 g/mol. The van der Waals surface area contributed by atoms with E-state index >= 15 is 0 Å². The first-order chi connectivity index (χ1) is 3.11. The van der Waals surface area contributed by atoms with Crippen molar-refractivity contribution in [1.82, 2.24) is 0 Å². The molecule has 1 saturated carbocycles. The summed E-state index contributed by atoms with van der Waals surface area (Å²) in [5.74, 6) is 0.160. The molecule has 2 N–H and O–H groups in total. The quantitative estimate of drug-likeness (QED) is 0.529. The highest BCUT2D eigenvalue weighted by molar-refractivity contribution is 5.85. The zero-order valence-corrected chi connectivity index (χ0v) is 4.29. The van der Waals surface area contributed by atoms with Gasteiger partial charge in [-0.05, 0) is 25.3 Å². The lowest BCUT2D eigenvalue weighted by atomic mass is 10.5. The number of hydrogen-bond donors (Lipinski definition) is 1. The first-order valence-corrected chi connectivity index (χ1v) is 1.89. The number of rotatable bonds is 1. The van der Waals surface area contributed by atoms with Crippen LogP contribution in [0.3, 0.4) is 0 Å². The predicted molar refractivity (Wildman–Crippen MR) is 29.0 cm³/mol. The van der Waals surface area contributed by atoms with E-state index in [0.717, 1.165) is 12.8 Å². The molecule has 0 amide bonds. The van der Waals surface area contributed by atoms with Crippen LogP contribution in [0.1, 0.15) is 15.6 Å². The Morgan fingerprint density at radius 1 is 1.83 bits per heavy atom.